The first-order valence-corrected chi connectivity index (χ1v) is 6.43. The molecule has 6 aliphatic rings. The first-order chi connectivity index (χ1) is 6.43. The van der Waals surface area contributed by atoms with E-state index in [2.05, 4.69) is 0 Å². The van der Waals surface area contributed by atoms with Gasteiger partial charge < -0.3 is 0 Å². The lowest BCUT2D eigenvalue weighted by Crippen LogP contribution is -2.72. The Morgan fingerprint density at radius 2 is 1.23 bits per heavy atom. The van der Waals surface area contributed by atoms with E-state index >= 15 is 0 Å². The summed E-state index contributed by atoms with van der Waals surface area (Å²) in [6, 6.07) is 0. The van der Waals surface area contributed by atoms with Gasteiger partial charge in [0.2, 0.25) is 0 Å². The Morgan fingerprint density at radius 3 is 1.62 bits per heavy atom. The predicted octanol–water partition coefficient (Wildman–Crippen LogP) is 2.54. The van der Waals surface area contributed by atoms with E-state index in [1.54, 1.807) is 25.7 Å². The quantitative estimate of drug-likeness (QED) is 0.493. The van der Waals surface area contributed by atoms with Crippen LogP contribution >= 0.6 is 0 Å². The van der Waals surface area contributed by atoms with Crippen LogP contribution in [-0.2, 0) is 0 Å². The van der Waals surface area contributed by atoms with Crippen LogP contribution in [0.4, 0.5) is 0 Å². The summed E-state index contributed by atoms with van der Waals surface area (Å²) >= 11 is 0. The van der Waals surface area contributed by atoms with E-state index in [4.69, 9.17) is 0 Å². The molecule has 68 valence electrons. The molecule has 0 radical (unpaired) electrons. The zero-order chi connectivity index (χ0) is 7.95. The number of fused-ring (bicyclic) bond motifs is 12. The van der Waals surface area contributed by atoms with Crippen molar-refractivity contribution in [3.63, 3.8) is 0 Å². The summed E-state index contributed by atoms with van der Waals surface area (Å²) in [7, 11) is 0. The SMILES string of the molecule is C1CC2C1C1C2C2C1C1C2C12CC2. The minimum absolute atomic E-state index is 1.03. The lowest BCUT2D eigenvalue weighted by Gasteiger charge is -2.76. The van der Waals surface area contributed by atoms with Gasteiger partial charge in [-0.25, -0.2) is 0 Å². The maximum atomic E-state index is 1.64. The third-order valence-electron chi connectivity index (χ3n) is 7.41. The van der Waals surface area contributed by atoms with Crippen molar-refractivity contribution in [1.82, 2.24) is 0 Å². The molecule has 0 heteroatoms. The predicted molar refractivity (Wildman–Crippen MR) is 48.8 cm³/mol. The molecule has 0 amide bonds. The third kappa shape index (κ3) is 0.333. The van der Waals surface area contributed by atoms with Gasteiger partial charge in [-0.2, -0.15) is 0 Å². The molecule has 0 nitrogen and oxygen atoms in total. The van der Waals surface area contributed by atoms with Crippen LogP contribution in [0, 0.1) is 52.8 Å². The number of hydrogen-bond acceptors (Lipinski definition) is 0. The highest BCUT2D eigenvalue weighted by molar-refractivity contribution is 5.39. The smallest absolute Gasteiger partial charge is 0.0229 e. The van der Waals surface area contributed by atoms with Gasteiger partial charge in [0, 0.05) is 0 Å². The molecule has 1 spiro atoms. The molecule has 0 aromatic rings. The molecule has 0 saturated heterocycles. The fraction of sp³-hybridized carbons (Fsp3) is 1.00. The molecule has 0 heterocycles. The molecule has 0 bridgehead atoms. The van der Waals surface area contributed by atoms with Crippen molar-refractivity contribution in [2.45, 2.75) is 25.7 Å². The van der Waals surface area contributed by atoms with Crippen LogP contribution in [0.25, 0.3) is 0 Å². The maximum absolute atomic E-state index is 1.64. The van der Waals surface area contributed by atoms with Crippen LogP contribution in [0.3, 0.4) is 0 Å². The van der Waals surface area contributed by atoms with Gasteiger partial charge in [0.05, 0.1) is 0 Å². The van der Waals surface area contributed by atoms with Crippen LogP contribution in [0.5, 0.6) is 0 Å². The average Bonchev–Trinajstić information content (AvgIpc) is 2.89. The summed E-state index contributed by atoms with van der Waals surface area (Å²) in [5.41, 5.74) is 1.03. The molecular weight excluding hydrogens is 156 g/mol. The summed E-state index contributed by atoms with van der Waals surface area (Å²) in [5.74, 6) is 10.3. The molecule has 6 fully saturated rings. The lowest BCUT2D eigenvalue weighted by molar-refractivity contribution is -0.292. The van der Waals surface area contributed by atoms with Crippen LogP contribution in [0.2, 0.25) is 0 Å². The van der Waals surface area contributed by atoms with Crippen molar-refractivity contribution < 1.29 is 0 Å². The van der Waals surface area contributed by atoms with Crippen molar-refractivity contribution in [1.29, 1.82) is 0 Å². The molecule has 0 aromatic heterocycles. The van der Waals surface area contributed by atoms with Crippen molar-refractivity contribution >= 4 is 0 Å². The molecule has 0 aliphatic heterocycles. The molecule has 6 saturated carbocycles. The van der Waals surface area contributed by atoms with Gasteiger partial charge in [0.1, 0.15) is 0 Å². The molecule has 6 rings (SSSR count). The van der Waals surface area contributed by atoms with E-state index in [1.807, 2.05) is 0 Å². The van der Waals surface area contributed by atoms with Gasteiger partial charge in [-0.15, -0.1) is 0 Å². The summed E-state index contributed by atoms with van der Waals surface area (Å²) in [5, 5.41) is 0. The minimum atomic E-state index is 1.03. The zero-order valence-corrected chi connectivity index (χ0v) is 7.95. The van der Waals surface area contributed by atoms with Crippen LogP contribution in [0.15, 0.2) is 0 Å². The highest BCUT2D eigenvalue weighted by atomic mass is 15.0. The Kier molecular flexibility index (Phi) is 0.558. The largest absolute Gasteiger partial charge is 0.0496 e. The van der Waals surface area contributed by atoms with Gasteiger partial charge in [0.25, 0.3) is 0 Å². The van der Waals surface area contributed by atoms with Gasteiger partial charge in [-0.3, -0.25) is 0 Å². The number of hydrogen-bond donors (Lipinski definition) is 0. The summed E-state index contributed by atoms with van der Waals surface area (Å²) < 4.78 is 0. The molecule has 13 heavy (non-hydrogen) atoms. The van der Waals surface area contributed by atoms with Crippen LogP contribution in [0.1, 0.15) is 25.7 Å². The first kappa shape index (κ1) is 5.78. The Balaban J connectivity index is 1.45. The second-order valence-corrected chi connectivity index (χ2v) is 7.00. The summed E-state index contributed by atoms with van der Waals surface area (Å²) in [4.78, 5) is 0. The highest BCUT2D eigenvalue weighted by Crippen LogP contribution is 2.96. The third-order valence-corrected chi connectivity index (χ3v) is 7.41. The number of rotatable bonds is 0. The first-order valence-electron chi connectivity index (χ1n) is 6.43. The minimum Gasteiger partial charge on any atom is -0.0496 e. The monoisotopic (exact) mass is 172 g/mol. The Hall–Kier alpha value is 0. The Labute approximate surface area is 79.1 Å². The fourth-order valence-electron chi connectivity index (χ4n) is 6.81. The van der Waals surface area contributed by atoms with Crippen molar-refractivity contribution in [3.8, 4) is 0 Å². The van der Waals surface area contributed by atoms with E-state index in [0.717, 1.165) is 5.41 Å². The summed E-state index contributed by atoms with van der Waals surface area (Å²) in [6.07, 6.45) is 6.53. The Morgan fingerprint density at radius 1 is 0.692 bits per heavy atom. The van der Waals surface area contributed by atoms with Gasteiger partial charge >= 0.3 is 0 Å². The van der Waals surface area contributed by atoms with Crippen LogP contribution in [-0.4, -0.2) is 0 Å². The van der Waals surface area contributed by atoms with Crippen molar-refractivity contribution in [2.24, 2.45) is 52.8 Å². The standard InChI is InChI=1S/C13H16/c1-2-6-5(1)7-8(6)10-9(7)11-12(10)13(11)3-4-13/h5-12H,1-4H2. The molecular formula is C13H16. The topological polar surface area (TPSA) is 0 Å². The van der Waals surface area contributed by atoms with E-state index in [1.165, 1.54) is 47.3 Å². The van der Waals surface area contributed by atoms with Crippen LogP contribution < -0.4 is 0 Å². The maximum Gasteiger partial charge on any atom is -0.0229 e. The fourth-order valence-corrected chi connectivity index (χ4v) is 6.81. The van der Waals surface area contributed by atoms with Crippen molar-refractivity contribution in [2.75, 3.05) is 0 Å². The molecule has 0 aromatic carbocycles. The van der Waals surface area contributed by atoms with E-state index < -0.39 is 0 Å². The molecule has 0 N–H and O–H groups in total. The second-order valence-electron chi connectivity index (χ2n) is 7.00. The second kappa shape index (κ2) is 1.26. The van der Waals surface area contributed by atoms with Gasteiger partial charge in [-0.05, 0) is 78.4 Å². The summed E-state index contributed by atoms with van der Waals surface area (Å²) in [6.45, 7) is 0. The van der Waals surface area contributed by atoms with Gasteiger partial charge in [0.15, 0.2) is 0 Å². The molecule has 8 unspecified atom stereocenters. The van der Waals surface area contributed by atoms with Gasteiger partial charge in [-0.1, -0.05) is 0 Å². The van der Waals surface area contributed by atoms with E-state index in [9.17, 15) is 0 Å². The van der Waals surface area contributed by atoms with E-state index in [0.29, 0.717) is 0 Å². The van der Waals surface area contributed by atoms with E-state index in [-0.39, 0.29) is 0 Å². The normalized spacial score (nSPS) is 81.2. The Bertz CT molecular complexity index is 310. The molecule has 8 atom stereocenters. The van der Waals surface area contributed by atoms with Crippen molar-refractivity contribution in [3.05, 3.63) is 0 Å². The highest BCUT2D eigenvalue weighted by Gasteiger charge is 2.91. The zero-order valence-electron chi connectivity index (χ0n) is 7.95. The average molecular weight is 172 g/mol. The molecule has 6 aliphatic carbocycles. The lowest BCUT2D eigenvalue weighted by atomic mass is 9.28.